The van der Waals surface area contributed by atoms with Gasteiger partial charge in [0.15, 0.2) is 6.54 Å². The highest BCUT2D eigenvalue weighted by molar-refractivity contribution is 5.91. The molecule has 5 heteroatoms. The van der Waals surface area contributed by atoms with Gasteiger partial charge in [0.25, 0.3) is 5.91 Å². The molecule has 2 aromatic carbocycles. The summed E-state index contributed by atoms with van der Waals surface area (Å²) in [6.07, 6.45) is 0. The van der Waals surface area contributed by atoms with Crippen LogP contribution < -0.4 is 10.6 Å². The molecule has 0 radical (unpaired) electrons. The first kappa shape index (κ1) is 15.1. The highest BCUT2D eigenvalue weighted by Gasteiger charge is 2.13. The minimum absolute atomic E-state index is 0.106. The summed E-state index contributed by atoms with van der Waals surface area (Å²) in [5.41, 5.74) is 0.961. The summed E-state index contributed by atoms with van der Waals surface area (Å²) < 4.78 is 26.4. The van der Waals surface area contributed by atoms with Crippen LogP contribution in [0.5, 0.6) is 0 Å². The molecule has 0 aliphatic rings. The van der Waals surface area contributed by atoms with Crippen LogP contribution in [0.3, 0.4) is 0 Å². The number of hydrogen-bond acceptors (Lipinski definition) is 1. The predicted molar refractivity (Wildman–Crippen MR) is 76.6 cm³/mol. The SMILES string of the molecule is C[C@@H]([NH2+]CC(=O)Nc1cc(F)ccc1F)c1ccccc1. The second kappa shape index (κ2) is 6.95. The molecule has 3 N–H and O–H groups in total. The van der Waals surface area contributed by atoms with Gasteiger partial charge in [0, 0.05) is 11.6 Å². The molecule has 0 spiro atoms. The number of carbonyl (C=O) groups is 1. The summed E-state index contributed by atoms with van der Waals surface area (Å²) in [5.74, 6) is -1.61. The number of nitrogens with two attached hydrogens (primary N) is 1. The Bertz CT molecular complexity index is 617. The average molecular weight is 291 g/mol. The van der Waals surface area contributed by atoms with Crippen LogP contribution in [0, 0.1) is 11.6 Å². The lowest BCUT2D eigenvalue weighted by Crippen LogP contribution is -2.86. The summed E-state index contributed by atoms with van der Waals surface area (Å²) in [4.78, 5) is 11.8. The Hall–Kier alpha value is -2.27. The van der Waals surface area contributed by atoms with E-state index in [-0.39, 0.29) is 24.2 Å². The molecule has 0 fully saturated rings. The quantitative estimate of drug-likeness (QED) is 0.872. The van der Waals surface area contributed by atoms with Crippen molar-refractivity contribution >= 4 is 11.6 Å². The first-order chi connectivity index (χ1) is 10.1. The van der Waals surface area contributed by atoms with Crippen LogP contribution in [0.25, 0.3) is 0 Å². The number of benzene rings is 2. The Morgan fingerprint density at radius 1 is 1.19 bits per heavy atom. The maximum absolute atomic E-state index is 13.4. The molecule has 0 heterocycles. The van der Waals surface area contributed by atoms with Gasteiger partial charge in [-0.2, -0.15) is 0 Å². The maximum Gasteiger partial charge on any atom is 0.279 e. The molecule has 2 rings (SSSR count). The van der Waals surface area contributed by atoms with Gasteiger partial charge in [-0.25, -0.2) is 8.78 Å². The van der Waals surface area contributed by atoms with Gasteiger partial charge in [-0.15, -0.1) is 0 Å². The fraction of sp³-hybridized carbons (Fsp3) is 0.188. The Morgan fingerprint density at radius 3 is 2.62 bits per heavy atom. The summed E-state index contributed by atoms with van der Waals surface area (Å²) in [7, 11) is 0. The lowest BCUT2D eigenvalue weighted by atomic mass is 10.1. The third kappa shape index (κ3) is 4.36. The van der Waals surface area contributed by atoms with Crippen molar-refractivity contribution < 1.29 is 18.9 Å². The summed E-state index contributed by atoms with van der Waals surface area (Å²) >= 11 is 0. The monoisotopic (exact) mass is 291 g/mol. The van der Waals surface area contributed by atoms with E-state index in [1.54, 1.807) is 0 Å². The van der Waals surface area contributed by atoms with Crippen molar-refractivity contribution in [2.45, 2.75) is 13.0 Å². The van der Waals surface area contributed by atoms with Crippen LogP contribution >= 0.6 is 0 Å². The van der Waals surface area contributed by atoms with Gasteiger partial charge >= 0.3 is 0 Å². The molecule has 110 valence electrons. The number of carbonyl (C=O) groups excluding carboxylic acids is 1. The highest BCUT2D eigenvalue weighted by Crippen LogP contribution is 2.14. The van der Waals surface area contributed by atoms with Gasteiger partial charge in [0.2, 0.25) is 0 Å². The molecule has 0 aliphatic heterocycles. The minimum atomic E-state index is -0.652. The van der Waals surface area contributed by atoms with Gasteiger partial charge in [-0.1, -0.05) is 30.3 Å². The smallest absolute Gasteiger partial charge is 0.279 e. The third-order valence-corrected chi connectivity index (χ3v) is 3.18. The van der Waals surface area contributed by atoms with Crippen molar-refractivity contribution in [1.82, 2.24) is 0 Å². The molecule has 0 unspecified atom stereocenters. The van der Waals surface area contributed by atoms with E-state index in [0.29, 0.717) is 0 Å². The number of amides is 1. The zero-order valence-electron chi connectivity index (χ0n) is 11.6. The van der Waals surface area contributed by atoms with Crippen LogP contribution in [-0.4, -0.2) is 12.5 Å². The van der Waals surface area contributed by atoms with E-state index < -0.39 is 11.6 Å². The number of halogens is 2. The van der Waals surface area contributed by atoms with Crippen molar-refractivity contribution in [2.24, 2.45) is 0 Å². The normalized spacial score (nSPS) is 12.0. The topological polar surface area (TPSA) is 45.7 Å². The molecule has 1 atom stereocenters. The first-order valence-electron chi connectivity index (χ1n) is 6.69. The van der Waals surface area contributed by atoms with Crippen LogP contribution in [0.1, 0.15) is 18.5 Å². The second-order valence-electron chi connectivity index (χ2n) is 4.81. The molecule has 1 amide bonds. The summed E-state index contributed by atoms with van der Waals surface area (Å²) in [6.45, 7) is 2.11. The third-order valence-electron chi connectivity index (χ3n) is 3.18. The predicted octanol–water partition coefficient (Wildman–Crippen LogP) is 2.23. The molecule has 0 bridgehead atoms. The van der Waals surface area contributed by atoms with Crippen molar-refractivity contribution in [3.63, 3.8) is 0 Å². The fourth-order valence-electron chi connectivity index (χ4n) is 1.97. The van der Waals surface area contributed by atoms with Gasteiger partial charge in [-0.05, 0) is 19.1 Å². The Labute approximate surface area is 122 Å². The van der Waals surface area contributed by atoms with Gasteiger partial charge in [0.05, 0.1) is 5.69 Å². The lowest BCUT2D eigenvalue weighted by molar-refractivity contribution is -0.682. The summed E-state index contributed by atoms with van der Waals surface area (Å²) in [5, 5.41) is 4.21. The van der Waals surface area contributed by atoms with E-state index in [4.69, 9.17) is 0 Å². The molecule has 3 nitrogen and oxygen atoms in total. The van der Waals surface area contributed by atoms with E-state index in [0.717, 1.165) is 23.8 Å². The number of rotatable bonds is 5. The maximum atomic E-state index is 13.4. The van der Waals surface area contributed by atoms with Gasteiger partial charge in [0.1, 0.15) is 17.7 Å². The number of nitrogens with one attached hydrogen (secondary N) is 1. The number of hydrogen-bond donors (Lipinski definition) is 2. The standard InChI is InChI=1S/C16H16F2N2O/c1-11(12-5-3-2-4-6-12)19-10-16(21)20-15-9-13(17)7-8-14(15)18/h2-9,11,19H,10H2,1H3,(H,20,21)/p+1/t11-/m1/s1. The lowest BCUT2D eigenvalue weighted by Gasteiger charge is -2.11. The van der Waals surface area contributed by atoms with Crippen LogP contribution in [0.15, 0.2) is 48.5 Å². The zero-order chi connectivity index (χ0) is 15.2. The molecule has 21 heavy (non-hydrogen) atoms. The van der Waals surface area contributed by atoms with E-state index >= 15 is 0 Å². The zero-order valence-corrected chi connectivity index (χ0v) is 11.6. The van der Waals surface area contributed by atoms with E-state index in [1.165, 1.54) is 0 Å². The van der Waals surface area contributed by atoms with E-state index in [1.807, 2.05) is 42.6 Å². The molecular weight excluding hydrogens is 274 g/mol. The van der Waals surface area contributed by atoms with E-state index in [9.17, 15) is 13.6 Å². The van der Waals surface area contributed by atoms with Gasteiger partial charge in [-0.3, -0.25) is 4.79 Å². The molecule has 0 saturated heterocycles. The van der Waals surface area contributed by atoms with Crippen LogP contribution in [0.2, 0.25) is 0 Å². The molecule has 0 aliphatic carbocycles. The Kier molecular flexibility index (Phi) is 5.00. The Balaban J connectivity index is 1.89. The largest absolute Gasteiger partial charge is 0.333 e. The molecule has 0 aromatic heterocycles. The van der Waals surface area contributed by atoms with Crippen molar-refractivity contribution in [1.29, 1.82) is 0 Å². The first-order valence-corrected chi connectivity index (χ1v) is 6.69. The van der Waals surface area contributed by atoms with Crippen LogP contribution in [-0.2, 0) is 4.79 Å². The van der Waals surface area contributed by atoms with Crippen molar-refractivity contribution in [3.05, 3.63) is 65.7 Å². The van der Waals surface area contributed by atoms with E-state index in [2.05, 4.69) is 5.32 Å². The number of anilines is 1. The van der Waals surface area contributed by atoms with Crippen molar-refractivity contribution in [2.75, 3.05) is 11.9 Å². The molecule has 2 aromatic rings. The fourth-order valence-corrected chi connectivity index (χ4v) is 1.97. The minimum Gasteiger partial charge on any atom is -0.333 e. The van der Waals surface area contributed by atoms with Crippen LogP contribution in [0.4, 0.5) is 14.5 Å². The summed E-state index contributed by atoms with van der Waals surface area (Å²) in [6, 6.07) is 12.8. The average Bonchev–Trinajstić information content (AvgIpc) is 2.49. The van der Waals surface area contributed by atoms with Crippen molar-refractivity contribution in [3.8, 4) is 0 Å². The van der Waals surface area contributed by atoms with Gasteiger partial charge < -0.3 is 10.6 Å². The molecule has 0 saturated carbocycles. The number of quaternary nitrogens is 1. The Morgan fingerprint density at radius 2 is 1.90 bits per heavy atom. The molecular formula is C16H17F2N2O+. The highest BCUT2D eigenvalue weighted by atomic mass is 19.1. The second-order valence-corrected chi connectivity index (χ2v) is 4.81.